The molecule has 0 bridgehead atoms. The number of alkyl halides is 3. The third-order valence-electron chi connectivity index (χ3n) is 5.02. The molecular formula is C28H35Cl2F3N4O3. The highest BCUT2D eigenvalue weighted by Crippen LogP contribution is 2.24. The molecule has 12 heteroatoms. The van der Waals surface area contributed by atoms with Gasteiger partial charge >= 0.3 is 12.6 Å². The molecule has 3 rings (SSSR count). The Balaban J connectivity index is 0.00000171. The molecule has 0 aliphatic heterocycles. The van der Waals surface area contributed by atoms with Crippen molar-refractivity contribution in [3.05, 3.63) is 86.3 Å². The summed E-state index contributed by atoms with van der Waals surface area (Å²) in [4.78, 5) is 29.4. The first-order valence-electron chi connectivity index (χ1n) is 12.4. The topological polar surface area (TPSA) is 110 Å². The molecule has 0 saturated carbocycles. The van der Waals surface area contributed by atoms with E-state index in [2.05, 4.69) is 5.32 Å². The number of aliphatic carboxylic acids is 1. The van der Waals surface area contributed by atoms with Gasteiger partial charge in [-0.05, 0) is 30.7 Å². The van der Waals surface area contributed by atoms with Gasteiger partial charge in [0, 0.05) is 36.4 Å². The lowest BCUT2D eigenvalue weighted by Gasteiger charge is -2.17. The number of fused-ring (bicyclic) bond motifs is 1. The predicted octanol–water partition coefficient (Wildman–Crippen LogP) is 7.01. The second-order valence-corrected chi connectivity index (χ2v) is 8.31. The summed E-state index contributed by atoms with van der Waals surface area (Å²) in [6, 6.07) is 12.1. The largest absolute Gasteiger partial charge is 0.478 e. The number of halogens is 5. The van der Waals surface area contributed by atoms with E-state index in [0.717, 1.165) is 11.8 Å². The summed E-state index contributed by atoms with van der Waals surface area (Å²) in [6.45, 7) is 6.25. The van der Waals surface area contributed by atoms with Crippen LogP contribution in [-0.2, 0) is 18.4 Å². The SMILES string of the molecule is CC.CC.CC(NCc1cc(Cl)cc2c(=O)n(C)c(-c3ccccc3)nc12)/C(=C\C(Cl)=C/N)C(=O)O.FC(F)F. The fraction of sp³-hybridized carbons (Fsp3) is 0.321. The van der Waals surface area contributed by atoms with E-state index in [0.29, 0.717) is 27.3 Å². The van der Waals surface area contributed by atoms with Crippen LogP contribution in [0.2, 0.25) is 5.02 Å². The molecule has 2 aromatic carbocycles. The van der Waals surface area contributed by atoms with Crippen molar-refractivity contribution in [3.63, 3.8) is 0 Å². The normalized spacial score (nSPS) is 11.9. The molecular weight excluding hydrogens is 568 g/mol. The van der Waals surface area contributed by atoms with E-state index >= 15 is 0 Å². The van der Waals surface area contributed by atoms with Crippen LogP contribution in [0.3, 0.4) is 0 Å². The molecule has 0 saturated heterocycles. The van der Waals surface area contributed by atoms with Crippen LogP contribution in [0.25, 0.3) is 22.3 Å². The van der Waals surface area contributed by atoms with E-state index in [1.807, 2.05) is 58.0 Å². The number of aromatic nitrogens is 2. The zero-order chi connectivity index (χ0) is 31.0. The minimum Gasteiger partial charge on any atom is -0.478 e. The van der Waals surface area contributed by atoms with E-state index in [9.17, 15) is 27.9 Å². The van der Waals surface area contributed by atoms with Crippen molar-refractivity contribution in [1.29, 1.82) is 0 Å². The van der Waals surface area contributed by atoms with E-state index in [1.54, 1.807) is 26.1 Å². The average molecular weight is 604 g/mol. The van der Waals surface area contributed by atoms with Gasteiger partial charge in [-0.15, -0.1) is 0 Å². The number of allylic oxidation sites excluding steroid dienone is 2. The highest BCUT2D eigenvalue weighted by atomic mass is 35.5. The maximum atomic E-state index is 13.0. The van der Waals surface area contributed by atoms with Crippen molar-refractivity contribution in [2.24, 2.45) is 12.8 Å². The zero-order valence-corrected chi connectivity index (χ0v) is 24.7. The predicted molar refractivity (Wildman–Crippen MR) is 157 cm³/mol. The lowest BCUT2D eigenvalue weighted by Crippen LogP contribution is -2.31. The van der Waals surface area contributed by atoms with Gasteiger partial charge in [0.25, 0.3) is 5.56 Å². The van der Waals surface area contributed by atoms with Crippen molar-refractivity contribution in [2.45, 2.75) is 53.9 Å². The first kappa shape index (κ1) is 36.7. The molecule has 0 aliphatic rings. The molecule has 1 atom stereocenters. The molecule has 7 nitrogen and oxygen atoms in total. The van der Waals surface area contributed by atoms with Crippen LogP contribution in [0, 0.1) is 0 Å². The van der Waals surface area contributed by atoms with Gasteiger partial charge in [-0.3, -0.25) is 9.36 Å². The highest BCUT2D eigenvalue weighted by molar-refractivity contribution is 6.31. The van der Waals surface area contributed by atoms with Gasteiger partial charge in [-0.25, -0.2) is 9.78 Å². The lowest BCUT2D eigenvalue weighted by molar-refractivity contribution is -0.133. The number of carbonyl (C=O) groups is 1. The summed E-state index contributed by atoms with van der Waals surface area (Å²) < 4.78 is 30.5. The molecule has 1 heterocycles. The van der Waals surface area contributed by atoms with Crippen LogP contribution in [0.5, 0.6) is 0 Å². The summed E-state index contributed by atoms with van der Waals surface area (Å²) in [7, 11) is 1.66. The average Bonchev–Trinajstić information content (AvgIpc) is 2.94. The van der Waals surface area contributed by atoms with Crippen molar-refractivity contribution in [1.82, 2.24) is 14.9 Å². The molecule has 0 spiro atoms. The number of carboxylic acid groups (broad SMARTS) is 1. The van der Waals surface area contributed by atoms with Gasteiger partial charge in [-0.2, -0.15) is 13.2 Å². The Hall–Kier alpha value is -3.34. The number of hydrogen-bond donors (Lipinski definition) is 3. The Labute approximate surface area is 242 Å². The Bertz CT molecular complexity index is 1350. The molecule has 0 aliphatic carbocycles. The van der Waals surface area contributed by atoms with Crippen LogP contribution < -0.4 is 16.6 Å². The summed E-state index contributed by atoms with van der Waals surface area (Å²) in [6.07, 6.45) is 2.41. The molecule has 220 valence electrons. The van der Waals surface area contributed by atoms with Crippen molar-refractivity contribution >= 4 is 40.1 Å². The Morgan fingerprint density at radius 1 is 1.15 bits per heavy atom. The minimum atomic E-state index is -3.67. The summed E-state index contributed by atoms with van der Waals surface area (Å²) in [5, 5.41) is 13.5. The fourth-order valence-electron chi connectivity index (χ4n) is 3.33. The van der Waals surface area contributed by atoms with Crippen LogP contribution >= 0.6 is 23.2 Å². The smallest absolute Gasteiger partial charge is 0.379 e. The van der Waals surface area contributed by atoms with Gasteiger partial charge in [0.05, 0.1) is 21.5 Å². The summed E-state index contributed by atoms with van der Waals surface area (Å²) in [5.74, 6) is -0.606. The quantitative estimate of drug-likeness (QED) is 0.198. The number of nitrogens with one attached hydrogen (secondary N) is 1. The molecule has 0 radical (unpaired) electrons. The Morgan fingerprint density at radius 2 is 1.70 bits per heavy atom. The number of hydrogen-bond acceptors (Lipinski definition) is 5. The van der Waals surface area contributed by atoms with E-state index < -0.39 is 18.7 Å². The molecule has 1 unspecified atom stereocenters. The van der Waals surface area contributed by atoms with Crippen molar-refractivity contribution in [2.75, 3.05) is 0 Å². The summed E-state index contributed by atoms with van der Waals surface area (Å²) in [5.41, 5.74) is 7.12. The molecule has 0 amide bonds. The second-order valence-electron chi connectivity index (χ2n) is 7.43. The maximum Gasteiger partial charge on any atom is 0.379 e. The van der Waals surface area contributed by atoms with Crippen LogP contribution in [-0.4, -0.2) is 33.3 Å². The third-order valence-corrected chi connectivity index (χ3v) is 5.47. The van der Waals surface area contributed by atoms with Crippen LogP contribution in [0.4, 0.5) is 13.2 Å². The maximum absolute atomic E-state index is 13.0. The van der Waals surface area contributed by atoms with Crippen molar-refractivity contribution < 1.29 is 23.1 Å². The van der Waals surface area contributed by atoms with Crippen molar-refractivity contribution in [3.8, 4) is 11.4 Å². The molecule has 1 aromatic heterocycles. The highest BCUT2D eigenvalue weighted by Gasteiger charge is 2.18. The monoisotopic (exact) mass is 602 g/mol. The number of carboxylic acids is 1. The second kappa shape index (κ2) is 18.9. The fourth-order valence-corrected chi connectivity index (χ4v) is 3.69. The molecule has 0 fully saturated rings. The van der Waals surface area contributed by atoms with Crippen LogP contribution in [0.15, 0.2) is 70.1 Å². The standard InChI is InChI=1S/C23H22Cl2N4O3.2C2H6.CHF3/c1-13(18(23(31)32)10-17(25)11-26)27-12-15-8-16(24)9-19-20(15)28-21(29(2)22(19)30)14-6-4-3-5-7-14;2*1-2;2-1(3)4/h3-11,13,27H,12,26H2,1-2H3,(H,31,32);2*1-2H3;1H/b17-11+,18-10+;;;. The Morgan fingerprint density at radius 3 is 2.20 bits per heavy atom. The summed E-state index contributed by atoms with van der Waals surface area (Å²) >= 11 is 12.1. The first-order valence-corrected chi connectivity index (χ1v) is 13.1. The van der Waals surface area contributed by atoms with Gasteiger partial charge in [-0.1, -0.05) is 81.2 Å². The number of nitrogens with two attached hydrogens (primary N) is 1. The number of nitrogens with zero attached hydrogens (tertiary/aromatic N) is 2. The lowest BCUT2D eigenvalue weighted by atomic mass is 10.1. The van der Waals surface area contributed by atoms with Gasteiger partial charge in [0.2, 0.25) is 0 Å². The third kappa shape index (κ3) is 11.0. The van der Waals surface area contributed by atoms with E-state index in [1.165, 1.54) is 10.6 Å². The number of benzene rings is 2. The van der Waals surface area contributed by atoms with E-state index in [4.69, 9.17) is 33.9 Å². The number of rotatable bonds is 7. The molecule has 3 aromatic rings. The zero-order valence-electron chi connectivity index (χ0n) is 23.2. The van der Waals surface area contributed by atoms with E-state index in [-0.39, 0.29) is 22.7 Å². The van der Waals surface area contributed by atoms with Crippen LogP contribution in [0.1, 0.15) is 40.2 Å². The molecule has 4 N–H and O–H groups in total. The van der Waals surface area contributed by atoms with Gasteiger partial charge in [0.1, 0.15) is 5.82 Å². The van der Waals surface area contributed by atoms with Gasteiger partial charge < -0.3 is 16.2 Å². The Kier molecular flexibility index (Phi) is 17.3. The van der Waals surface area contributed by atoms with Gasteiger partial charge in [0.15, 0.2) is 0 Å². The molecule has 40 heavy (non-hydrogen) atoms. The minimum absolute atomic E-state index is 0.0388. The first-order chi connectivity index (χ1) is 19.0.